The van der Waals surface area contributed by atoms with Gasteiger partial charge in [0.25, 0.3) is 0 Å². The van der Waals surface area contributed by atoms with E-state index in [9.17, 15) is 9.59 Å². The fraction of sp³-hybridized carbons (Fsp3) is 0.565. The second-order valence-corrected chi connectivity index (χ2v) is 9.55. The first kappa shape index (κ1) is 15.9. The summed E-state index contributed by atoms with van der Waals surface area (Å²) >= 11 is 0. The van der Waals surface area contributed by atoms with Crippen LogP contribution in [0.15, 0.2) is 29.8 Å². The van der Waals surface area contributed by atoms with Crippen LogP contribution in [-0.2, 0) is 14.9 Å². The van der Waals surface area contributed by atoms with E-state index in [1.165, 1.54) is 17.6 Å². The SMILES string of the molecule is CC(=O)c1ccc2c(c1)[C@@]13CCN4CC5=CCO[C@H]6CC(=O)N2[C@H]1[C@H]6[C@H]5C[C@H]43. The number of ether oxygens (including phenoxy) is 1. The molecule has 7 rings (SSSR count). The molecule has 0 aromatic heterocycles. The lowest BCUT2D eigenvalue weighted by Crippen LogP contribution is -2.69. The number of amides is 1. The Labute approximate surface area is 164 Å². The number of piperidine rings is 2. The van der Waals surface area contributed by atoms with E-state index in [1.54, 1.807) is 6.92 Å². The molecule has 5 heteroatoms. The lowest BCUT2D eigenvalue weighted by molar-refractivity contribution is -0.132. The minimum absolute atomic E-state index is 0.0269. The van der Waals surface area contributed by atoms with Crippen LogP contribution in [0.3, 0.4) is 0 Å². The summed E-state index contributed by atoms with van der Waals surface area (Å²) in [6.45, 7) is 4.40. The summed E-state index contributed by atoms with van der Waals surface area (Å²) < 4.78 is 6.26. The number of nitrogens with zero attached hydrogens (tertiary/aromatic N) is 2. The number of benzene rings is 1. The summed E-state index contributed by atoms with van der Waals surface area (Å²) in [7, 11) is 0. The van der Waals surface area contributed by atoms with Crippen molar-refractivity contribution >= 4 is 17.4 Å². The third kappa shape index (κ3) is 1.61. The number of ketones is 1. The van der Waals surface area contributed by atoms with Crippen LogP contribution in [0.25, 0.3) is 0 Å². The average molecular weight is 376 g/mol. The minimum atomic E-state index is -0.0461. The van der Waals surface area contributed by atoms with Crippen LogP contribution in [0.2, 0.25) is 0 Å². The number of hydrogen-bond acceptors (Lipinski definition) is 4. The molecule has 5 nitrogen and oxygen atoms in total. The van der Waals surface area contributed by atoms with E-state index < -0.39 is 0 Å². The Balaban J connectivity index is 1.52. The van der Waals surface area contributed by atoms with Crippen LogP contribution in [0, 0.1) is 11.8 Å². The smallest absolute Gasteiger partial charge is 0.229 e. The van der Waals surface area contributed by atoms with Crippen molar-refractivity contribution in [2.75, 3.05) is 24.6 Å². The molecule has 144 valence electrons. The molecule has 6 aliphatic rings. The van der Waals surface area contributed by atoms with Crippen molar-refractivity contribution in [3.63, 3.8) is 0 Å². The second kappa shape index (κ2) is 4.95. The summed E-state index contributed by atoms with van der Waals surface area (Å²) in [5, 5.41) is 0. The highest BCUT2D eigenvalue weighted by atomic mass is 16.5. The summed E-state index contributed by atoms with van der Waals surface area (Å²) in [6.07, 6.45) is 5.05. The molecule has 28 heavy (non-hydrogen) atoms. The van der Waals surface area contributed by atoms with E-state index in [4.69, 9.17) is 4.74 Å². The minimum Gasteiger partial charge on any atom is -0.373 e. The van der Waals surface area contributed by atoms with Gasteiger partial charge in [0.05, 0.1) is 25.2 Å². The summed E-state index contributed by atoms with van der Waals surface area (Å²) in [4.78, 5) is 30.2. The zero-order valence-electron chi connectivity index (χ0n) is 16.1. The van der Waals surface area contributed by atoms with Crippen molar-refractivity contribution in [2.24, 2.45) is 11.8 Å². The largest absolute Gasteiger partial charge is 0.373 e. The molecule has 1 saturated carbocycles. The standard InChI is InChI=1S/C23H24N2O3/c1-12(26)13-2-3-17-16(8-13)23-5-6-24-11-14-4-7-28-18-10-20(27)25(17)22(23)21(18)15(14)9-19(23)24/h2-4,8,15,18-19,21-22H,5-7,9-11H2,1H3/t15-,18-,19-,21-,22-,23+/m0/s1. The Morgan fingerprint density at radius 2 is 2.21 bits per heavy atom. The summed E-state index contributed by atoms with van der Waals surface area (Å²) in [5.74, 6) is 1.20. The molecule has 1 aliphatic carbocycles. The van der Waals surface area contributed by atoms with E-state index in [1.807, 2.05) is 12.1 Å². The fourth-order valence-electron chi connectivity index (χ4n) is 7.77. The van der Waals surface area contributed by atoms with Gasteiger partial charge in [0.2, 0.25) is 5.91 Å². The van der Waals surface area contributed by atoms with Gasteiger partial charge < -0.3 is 9.64 Å². The van der Waals surface area contributed by atoms with E-state index in [2.05, 4.69) is 21.9 Å². The molecular formula is C23H24N2O3. The van der Waals surface area contributed by atoms with Gasteiger partial charge in [-0.2, -0.15) is 0 Å². The van der Waals surface area contributed by atoms with Crippen molar-refractivity contribution in [3.05, 3.63) is 41.0 Å². The highest BCUT2D eigenvalue weighted by molar-refractivity contribution is 6.01. The molecule has 3 saturated heterocycles. The molecule has 1 spiro atoms. The van der Waals surface area contributed by atoms with Crippen LogP contribution in [0.4, 0.5) is 5.69 Å². The van der Waals surface area contributed by atoms with Crippen LogP contribution in [0.1, 0.15) is 42.1 Å². The topological polar surface area (TPSA) is 49.9 Å². The Morgan fingerprint density at radius 3 is 3.07 bits per heavy atom. The maximum Gasteiger partial charge on any atom is 0.229 e. The Morgan fingerprint density at radius 1 is 1.32 bits per heavy atom. The van der Waals surface area contributed by atoms with Crippen LogP contribution < -0.4 is 4.90 Å². The highest BCUT2D eigenvalue weighted by Gasteiger charge is 2.71. The maximum atomic E-state index is 13.3. The number of rotatable bonds is 1. The van der Waals surface area contributed by atoms with E-state index in [-0.39, 0.29) is 29.3 Å². The zero-order valence-corrected chi connectivity index (χ0v) is 16.1. The highest BCUT2D eigenvalue weighted by Crippen LogP contribution is 2.65. The summed E-state index contributed by atoms with van der Waals surface area (Å²) in [6, 6.07) is 6.70. The lowest BCUT2D eigenvalue weighted by atomic mass is 9.53. The third-order valence-electron chi connectivity index (χ3n) is 8.72. The van der Waals surface area contributed by atoms with E-state index in [0.29, 0.717) is 30.9 Å². The number of fused-ring (bicyclic) bond motifs is 2. The van der Waals surface area contributed by atoms with Gasteiger partial charge in [0.15, 0.2) is 5.78 Å². The number of hydrogen-bond donors (Lipinski definition) is 0. The number of carbonyl (C=O) groups is 2. The van der Waals surface area contributed by atoms with Crippen LogP contribution >= 0.6 is 0 Å². The first-order valence-corrected chi connectivity index (χ1v) is 10.6. The number of anilines is 1. The molecule has 5 heterocycles. The van der Waals surface area contributed by atoms with Crippen molar-refractivity contribution in [3.8, 4) is 0 Å². The Bertz CT molecular complexity index is 984. The van der Waals surface area contributed by atoms with Crippen LogP contribution in [0.5, 0.6) is 0 Å². The molecule has 0 unspecified atom stereocenters. The maximum absolute atomic E-state index is 13.3. The molecule has 5 aliphatic heterocycles. The first-order chi connectivity index (χ1) is 13.6. The quantitative estimate of drug-likeness (QED) is 0.557. The molecule has 6 atom stereocenters. The van der Waals surface area contributed by atoms with Gasteiger partial charge in [-0.15, -0.1) is 0 Å². The molecule has 2 bridgehead atoms. The van der Waals surface area contributed by atoms with Crippen LogP contribution in [-0.4, -0.2) is 54.5 Å². The van der Waals surface area contributed by atoms with Gasteiger partial charge in [0.1, 0.15) is 0 Å². The van der Waals surface area contributed by atoms with E-state index >= 15 is 0 Å². The molecular weight excluding hydrogens is 352 g/mol. The number of Topliss-reactive ketones (excluding diaryl/α,β-unsaturated/α-hetero) is 1. The molecule has 4 fully saturated rings. The van der Waals surface area contributed by atoms with Gasteiger partial charge in [-0.1, -0.05) is 11.6 Å². The lowest BCUT2D eigenvalue weighted by Gasteiger charge is -2.58. The van der Waals surface area contributed by atoms with Crippen molar-refractivity contribution in [1.82, 2.24) is 4.90 Å². The Hall–Kier alpha value is -1.98. The predicted octanol–water partition coefficient (Wildman–Crippen LogP) is 2.30. The van der Waals surface area contributed by atoms with Gasteiger partial charge in [-0.3, -0.25) is 14.5 Å². The monoisotopic (exact) mass is 376 g/mol. The first-order valence-electron chi connectivity index (χ1n) is 10.6. The normalized spacial score (nSPS) is 42.2. The second-order valence-electron chi connectivity index (χ2n) is 9.55. The van der Waals surface area contributed by atoms with Crippen molar-refractivity contribution < 1.29 is 14.3 Å². The molecule has 1 aromatic carbocycles. The number of carbonyl (C=O) groups excluding carboxylic acids is 2. The predicted molar refractivity (Wildman–Crippen MR) is 103 cm³/mol. The average Bonchev–Trinajstić information content (AvgIpc) is 3.15. The molecule has 1 aromatic rings. The zero-order chi connectivity index (χ0) is 18.8. The van der Waals surface area contributed by atoms with Gasteiger partial charge in [0, 0.05) is 35.2 Å². The van der Waals surface area contributed by atoms with Gasteiger partial charge in [-0.25, -0.2) is 0 Å². The van der Waals surface area contributed by atoms with Gasteiger partial charge in [-0.05, 0) is 56.0 Å². The third-order valence-corrected chi connectivity index (χ3v) is 8.72. The fourth-order valence-corrected chi connectivity index (χ4v) is 7.77. The van der Waals surface area contributed by atoms with Crippen molar-refractivity contribution in [2.45, 2.75) is 49.8 Å². The van der Waals surface area contributed by atoms with Crippen molar-refractivity contribution in [1.29, 1.82) is 0 Å². The molecule has 1 amide bonds. The summed E-state index contributed by atoms with van der Waals surface area (Å²) in [5.41, 5.74) is 4.57. The molecule has 0 radical (unpaired) electrons. The van der Waals surface area contributed by atoms with Gasteiger partial charge >= 0.3 is 0 Å². The molecule has 0 N–H and O–H groups in total. The Kier molecular flexibility index (Phi) is 2.81. The van der Waals surface area contributed by atoms with E-state index in [0.717, 1.165) is 30.8 Å².